The Morgan fingerprint density at radius 1 is 0.971 bits per heavy atom. The zero-order valence-electron chi connectivity index (χ0n) is 19.4. The molecule has 1 aliphatic rings. The minimum absolute atomic E-state index is 0.103. The number of carbonyl (C=O) groups excluding carboxylic acids is 2. The molecule has 2 unspecified atom stereocenters. The first-order valence-electron chi connectivity index (χ1n) is 11.4. The Hall–Kier alpha value is -3.39. The lowest BCUT2D eigenvalue weighted by Gasteiger charge is -2.32. The number of ether oxygens (including phenoxy) is 2. The average molecular weight is 480 g/mol. The molecule has 2 aromatic carbocycles. The van der Waals surface area contributed by atoms with Gasteiger partial charge in [0.2, 0.25) is 0 Å². The van der Waals surface area contributed by atoms with Gasteiger partial charge in [-0.1, -0.05) is 43.2 Å². The second-order valence-electron chi connectivity index (χ2n) is 8.33. The fraction of sp³-hybridized carbons (Fsp3) is 0.346. The molecule has 0 saturated heterocycles. The van der Waals surface area contributed by atoms with Gasteiger partial charge in [-0.05, 0) is 43.5 Å². The molecule has 1 fully saturated rings. The van der Waals surface area contributed by atoms with Crippen LogP contribution in [0.3, 0.4) is 0 Å². The van der Waals surface area contributed by atoms with Gasteiger partial charge in [0.25, 0.3) is 11.8 Å². The number of thiazole rings is 1. The van der Waals surface area contributed by atoms with Gasteiger partial charge in [-0.15, -0.1) is 11.3 Å². The van der Waals surface area contributed by atoms with Crippen molar-refractivity contribution in [2.75, 3.05) is 7.11 Å². The predicted molar refractivity (Wildman–Crippen MR) is 132 cm³/mol. The van der Waals surface area contributed by atoms with Gasteiger partial charge >= 0.3 is 0 Å². The Morgan fingerprint density at radius 2 is 1.62 bits per heavy atom. The Kier molecular flexibility index (Phi) is 7.80. The highest BCUT2D eigenvalue weighted by Crippen LogP contribution is 2.27. The molecule has 4 rings (SSSR count). The van der Waals surface area contributed by atoms with Crippen molar-refractivity contribution in [1.29, 1.82) is 0 Å². The van der Waals surface area contributed by atoms with E-state index in [1.165, 1.54) is 11.3 Å². The van der Waals surface area contributed by atoms with E-state index >= 15 is 0 Å². The number of hydrogen-bond donors (Lipinski definition) is 2. The smallest absolute Gasteiger partial charge is 0.271 e. The number of hydrogen-bond acceptors (Lipinski definition) is 6. The molecule has 34 heavy (non-hydrogen) atoms. The van der Waals surface area contributed by atoms with Crippen molar-refractivity contribution < 1.29 is 19.1 Å². The van der Waals surface area contributed by atoms with E-state index in [1.54, 1.807) is 12.5 Å². The Bertz CT molecular complexity index is 1150. The molecule has 8 heteroatoms. The number of aromatic nitrogens is 1. The molecule has 178 valence electrons. The van der Waals surface area contributed by atoms with E-state index in [0.717, 1.165) is 31.2 Å². The third-order valence-electron chi connectivity index (χ3n) is 5.99. The van der Waals surface area contributed by atoms with Crippen molar-refractivity contribution in [3.63, 3.8) is 0 Å². The summed E-state index contributed by atoms with van der Waals surface area (Å²) < 4.78 is 11.1. The van der Waals surface area contributed by atoms with Crippen LogP contribution in [0.1, 0.15) is 57.1 Å². The molecule has 2 N–H and O–H groups in total. The van der Waals surface area contributed by atoms with Gasteiger partial charge in [-0.3, -0.25) is 9.59 Å². The maximum Gasteiger partial charge on any atom is 0.271 e. The highest BCUT2D eigenvalue weighted by atomic mass is 32.1. The fourth-order valence-corrected chi connectivity index (χ4v) is 4.84. The second kappa shape index (κ2) is 11.2. The zero-order valence-corrected chi connectivity index (χ0v) is 20.2. The van der Waals surface area contributed by atoms with Crippen molar-refractivity contribution in [1.82, 2.24) is 15.6 Å². The van der Waals surface area contributed by atoms with Crippen LogP contribution in [0.4, 0.5) is 0 Å². The first kappa shape index (κ1) is 23.8. The SMILES string of the molecule is COc1ccccc1OCc1nc(C(=O)NC2CCCCC2NC(=O)c2ccccc2C)cs1. The number of methoxy groups -OCH3 is 1. The van der Waals surface area contributed by atoms with E-state index in [9.17, 15) is 9.59 Å². The lowest BCUT2D eigenvalue weighted by molar-refractivity contribution is 0.0860. The summed E-state index contributed by atoms with van der Waals surface area (Å²) in [5.74, 6) is 0.935. The molecule has 1 heterocycles. The van der Waals surface area contributed by atoms with Crippen LogP contribution in [0.2, 0.25) is 0 Å². The van der Waals surface area contributed by atoms with Crippen LogP contribution in [0, 0.1) is 6.92 Å². The molecule has 0 spiro atoms. The van der Waals surface area contributed by atoms with Gasteiger partial charge in [0.05, 0.1) is 7.11 Å². The Morgan fingerprint density at radius 3 is 2.32 bits per heavy atom. The number of rotatable bonds is 8. The van der Waals surface area contributed by atoms with E-state index in [2.05, 4.69) is 15.6 Å². The summed E-state index contributed by atoms with van der Waals surface area (Å²) >= 11 is 1.38. The third kappa shape index (κ3) is 5.75. The van der Waals surface area contributed by atoms with Crippen LogP contribution < -0.4 is 20.1 Å². The van der Waals surface area contributed by atoms with E-state index in [-0.39, 0.29) is 30.5 Å². The summed E-state index contributed by atoms with van der Waals surface area (Å²) in [7, 11) is 1.59. The van der Waals surface area contributed by atoms with Gasteiger partial charge in [0, 0.05) is 23.0 Å². The molecule has 0 radical (unpaired) electrons. The monoisotopic (exact) mass is 479 g/mol. The second-order valence-corrected chi connectivity index (χ2v) is 9.27. The number of nitrogens with one attached hydrogen (secondary N) is 2. The van der Waals surface area contributed by atoms with E-state index < -0.39 is 0 Å². The molecule has 1 aromatic heterocycles. The molecule has 0 aliphatic heterocycles. The molecule has 2 atom stereocenters. The average Bonchev–Trinajstić information content (AvgIpc) is 3.33. The van der Waals surface area contributed by atoms with Crippen LogP contribution in [-0.4, -0.2) is 36.0 Å². The van der Waals surface area contributed by atoms with Gasteiger partial charge in [-0.2, -0.15) is 0 Å². The fourth-order valence-electron chi connectivity index (χ4n) is 4.15. The number of benzene rings is 2. The van der Waals surface area contributed by atoms with Crippen molar-refractivity contribution in [2.24, 2.45) is 0 Å². The summed E-state index contributed by atoms with van der Waals surface area (Å²) in [6.45, 7) is 2.17. The number of aryl methyl sites for hydroxylation is 1. The maximum absolute atomic E-state index is 12.9. The van der Waals surface area contributed by atoms with Gasteiger partial charge in [0.15, 0.2) is 11.5 Å². The molecular weight excluding hydrogens is 450 g/mol. The Balaban J connectivity index is 1.36. The number of para-hydroxylation sites is 2. The molecule has 7 nitrogen and oxygen atoms in total. The summed E-state index contributed by atoms with van der Waals surface area (Å²) in [6, 6.07) is 14.7. The van der Waals surface area contributed by atoms with Crippen LogP contribution in [0.15, 0.2) is 53.9 Å². The third-order valence-corrected chi connectivity index (χ3v) is 6.82. The standard InChI is InChI=1S/C26H29N3O4S/c1-17-9-3-4-10-18(17)25(30)28-19-11-5-6-12-20(19)29-26(31)21-16-34-24(27-21)15-33-23-14-8-7-13-22(23)32-2/h3-4,7-10,13-14,16,19-20H,5-6,11-12,15H2,1-2H3,(H,28,30)(H,29,31). The number of carbonyl (C=O) groups is 2. The van der Waals surface area contributed by atoms with E-state index in [4.69, 9.17) is 9.47 Å². The van der Waals surface area contributed by atoms with Crippen molar-refractivity contribution in [2.45, 2.75) is 51.3 Å². The number of amides is 2. The van der Waals surface area contributed by atoms with Crippen molar-refractivity contribution >= 4 is 23.2 Å². The van der Waals surface area contributed by atoms with E-state index in [0.29, 0.717) is 27.8 Å². The van der Waals surface area contributed by atoms with Crippen LogP contribution in [0.25, 0.3) is 0 Å². The summed E-state index contributed by atoms with van der Waals surface area (Å²) in [5.41, 5.74) is 1.96. The normalized spacial score (nSPS) is 17.6. The summed E-state index contributed by atoms with van der Waals surface area (Å²) in [4.78, 5) is 30.2. The first-order valence-corrected chi connectivity index (χ1v) is 12.3. The minimum Gasteiger partial charge on any atom is -0.493 e. The Labute approximate surface area is 203 Å². The van der Waals surface area contributed by atoms with Gasteiger partial charge < -0.3 is 20.1 Å². The number of nitrogens with zero attached hydrogens (tertiary/aromatic N) is 1. The van der Waals surface area contributed by atoms with Gasteiger partial charge in [0.1, 0.15) is 17.3 Å². The highest BCUT2D eigenvalue weighted by Gasteiger charge is 2.29. The molecule has 1 saturated carbocycles. The molecule has 3 aromatic rings. The molecule has 1 aliphatic carbocycles. The first-order chi connectivity index (χ1) is 16.5. The molecule has 2 amide bonds. The lowest BCUT2D eigenvalue weighted by atomic mass is 9.89. The summed E-state index contributed by atoms with van der Waals surface area (Å²) in [6.07, 6.45) is 3.68. The van der Waals surface area contributed by atoms with E-state index in [1.807, 2.05) is 55.5 Å². The maximum atomic E-state index is 12.9. The van der Waals surface area contributed by atoms with Crippen LogP contribution in [-0.2, 0) is 6.61 Å². The predicted octanol–water partition coefficient (Wildman–Crippen LogP) is 4.51. The van der Waals surface area contributed by atoms with Crippen molar-refractivity contribution in [3.05, 3.63) is 75.7 Å². The van der Waals surface area contributed by atoms with Gasteiger partial charge in [-0.25, -0.2) is 4.98 Å². The topological polar surface area (TPSA) is 89.6 Å². The quantitative estimate of drug-likeness (QED) is 0.496. The lowest BCUT2D eigenvalue weighted by Crippen LogP contribution is -2.53. The largest absolute Gasteiger partial charge is 0.493 e. The summed E-state index contributed by atoms with van der Waals surface area (Å²) in [5, 5.41) is 8.66. The molecular formula is C26H29N3O4S. The van der Waals surface area contributed by atoms with Crippen molar-refractivity contribution in [3.8, 4) is 11.5 Å². The zero-order chi connectivity index (χ0) is 23.9. The van der Waals surface area contributed by atoms with Crippen LogP contribution >= 0.6 is 11.3 Å². The van der Waals surface area contributed by atoms with Crippen LogP contribution in [0.5, 0.6) is 11.5 Å². The highest BCUT2D eigenvalue weighted by molar-refractivity contribution is 7.09. The minimum atomic E-state index is -0.234. The molecule has 0 bridgehead atoms.